The Morgan fingerprint density at radius 3 is 2.29 bits per heavy atom. The molecule has 0 spiro atoms. The molecule has 0 radical (unpaired) electrons. The van der Waals surface area contributed by atoms with Crippen molar-refractivity contribution < 1.29 is 19.4 Å². The van der Waals surface area contributed by atoms with E-state index in [1.165, 1.54) is 0 Å². The van der Waals surface area contributed by atoms with Crippen LogP contribution in [0, 0.1) is 16.7 Å². The fraction of sp³-hybridized carbons (Fsp3) is 0.172. The van der Waals surface area contributed by atoms with E-state index in [2.05, 4.69) is 6.07 Å². The van der Waals surface area contributed by atoms with Gasteiger partial charge in [0.05, 0.1) is 26.4 Å². The Labute approximate surface area is 198 Å². The molecule has 0 aromatic heterocycles. The molecule has 5 heteroatoms. The number of nitrogens with zero attached hydrogens (tertiary/aromatic N) is 1. The van der Waals surface area contributed by atoms with Crippen molar-refractivity contribution in [3.05, 3.63) is 114 Å². The molecule has 0 heterocycles. The van der Waals surface area contributed by atoms with Gasteiger partial charge in [-0.2, -0.15) is 5.26 Å². The van der Waals surface area contributed by atoms with Crippen LogP contribution in [-0.4, -0.2) is 24.8 Å². The number of para-hydroxylation sites is 1. The predicted octanol–water partition coefficient (Wildman–Crippen LogP) is 5.79. The molecule has 0 amide bonds. The maximum atomic E-state index is 12.9. The van der Waals surface area contributed by atoms with Crippen LogP contribution in [-0.2, 0) is 16.1 Å². The highest BCUT2D eigenvalue weighted by Crippen LogP contribution is 2.47. The maximum Gasteiger partial charge on any atom is 0.327 e. The smallest absolute Gasteiger partial charge is 0.327 e. The Morgan fingerprint density at radius 2 is 1.56 bits per heavy atom. The monoisotopic (exact) mass is 451 g/mol. The fourth-order valence-electron chi connectivity index (χ4n) is 4.42. The van der Waals surface area contributed by atoms with Crippen LogP contribution in [0.5, 0.6) is 5.75 Å². The number of nitriles is 1. The van der Waals surface area contributed by atoms with E-state index in [1.807, 2.05) is 91.0 Å². The first-order chi connectivity index (χ1) is 16.6. The van der Waals surface area contributed by atoms with E-state index in [1.54, 1.807) is 13.2 Å². The van der Waals surface area contributed by atoms with Gasteiger partial charge in [0, 0.05) is 11.5 Å². The van der Waals surface area contributed by atoms with E-state index in [0.717, 1.165) is 21.9 Å². The molecule has 0 bridgehead atoms. The standard InChI is InChI=1S/C29H25NO4/c1-33-26-17-8-7-15-25(26)27(24-16-9-13-22-12-5-6-14-23(22)24)29(19-30,28(31)32)20-34-18-21-10-3-2-4-11-21/h2-17,27H,18,20H2,1H3,(H,31,32). The van der Waals surface area contributed by atoms with Gasteiger partial charge in [-0.15, -0.1) is 0 Å². The summed E-state index contributed by atoms with van der Waals surface area (Å²) in [6.07, 6.45) is 0. The quantitative estimate of drug-likeness (QED) is 0.348. The van der Waals surface area contributed by atoms with E-state index in [4.69, 9.17) is 9.47 Å². The van der Waals surface area contributed by atoms with Crippen LogP contribution in [0.3, 0.4) is 0 Å². The summed E-state index contributed by atoms with van der Waals surface area (Å²) in [6, 6.07) is 32.4. The largest absolute Gasteiger partial charge is 0.496 e. The molecule has 4 aromatic carbocycles. The summed E-state index contributed by atoms with van der Waals surface area (Å²) in [7, 11) is 1.54. The van der Waals surface area contributed by atoms with Crippen molar-refractivity contribution in [3.63, 3.8) is 0 Å². The van der Waals surface area contributed by atoms with Crippen LogP contribution in [0.15, 0.2) is 97.1 Å². The lowest BCUT2D eigenvalue weighted by atomic mass is 9.68. The summed E-state index contributed by atoms with van der Waals surface area (Å²) in [5, 5.41) is 22.8. The van der Waals surface area contributed by atoms with E-state index in [0.29, 0.717) is 11.3 Å². The molecule has 1 N–H and O–H groups in total. The zero-order valence-electron chi connectivity index (χ0n) is 18.8. The van der Waals surface area contributed by atoms with E-state index in [9.17, 15) is 15.2 Å². The van der Waals surface area contributed by atoms with Crippen molar-refractivity contribution in [2.75, 3.05) is 13.7 Å². The van der Waals surface area contributed by atoms with Crippen LogP contribution >= 0.6 is 0 Å². The van der Waals surface area contributed by atoms with Crippen molar-refractivity contribution in [1.82, 2.24) is 0 Å². The third-order valence-corrected chi connectivity index (χ3v) is 6.10. The van der Waals surface area contributed by atoms with Crippen LogP contribution < -0.4 is 4.74 Å². The molecule has 0 saturated heterocycles. The van der Waals surface area contributed by atoms with E-state index >= 15 is 0 Å². The molecule has 2 atom stereocenters. The van der Waals surface area contributed by atoms with Gasteiger partial charge in [-0.3, -0.25) is 4.79 Å². The summed E-state index contributed by atoms with van der Waals surface area (Å²) in [6.45, 7) is -0.0919. The molecule has 2 unspecified atom stereocenters. The van der Waals surface area contributed by atoms with Crippen LogP contribution in [0.2, 0.25) is 0 Å². The SMILES string of the molecule is COc1ccccc1C(c1cccc2ccccc12)C(C#N)(COCc1ccccc1)C(=O)O. The summed E-state index contributed by atoms with van der Waals surface area (Å²) in [5.41, 5.74) is 0.357. The lowest BCUT2D eigenvalue weighted by Crippen LogP contribution is -2.41. The summed E-state index contributed by atoms with van der Waals surface area (Å²) in [5.74, 6) is -1.57. The molecule has 5 nitrogen and oxygen atoms in total. The minimum absolute atomic E-state index is 0.200. The molecule has 0 fully saturated rings. The van der Waals surface area contributed by atoms with Crippen molar-refractivity contribution in [2.24, 2.45) is 5.41 Å². The van der Waals surface area contributed by atoms with Gasteiger partial charge < -0.3 is 14.6 Å². The second-order valence-corrected chi connectivity index (χ2v) is 8.11. The lowest BCUT2D eigenvalue weighted by molar-refractivity contribution is -0.150. The number of carboxylic acid groups (broad SMARTS) is 1. The van der Waals surface area contributed by atoms with E-state index < -0.39 is 17.3 Å². The van der Waals surface area contributed by atoms with Gasteiger partial charge >= 0.3 is 5.97 Å². The zero-order valence-corrected chi connectivity index (χ0v) is 18.8. The van der Waals surface area contributed by atoms with Crippen molar-refractivity contribution in [2.45, 2.75) is 12.5 Å². The summed E-state index contributed by atoms with van der Waals surface area (Å²) >= 11 is 0. The van der Waals surface area contributed by atoms with Gasteiger partial charge in [0.2, 0.25) is 0 Å². The average Bonchev–Trinajstić information content (AvgIpc) is 2.88. The number of hydrogen-bond donors (Lipinski definition) is 1. The van der Waals surface area contributed by atoms with E-state index in [-0.39, 0.29) is 13.2 Å². The molecule has 34 heavy (non-hydrogen) atoms. The zero-order chi connectivity index (χ0) is 24.0. The number of carbonyl (C=O) groups is 1. The van der Waals surface area contributed by atoms with Crippen molar-refractivity contribution in [3.8, 4) is 11.8 Å². The van der Waals surface area contributed by atoms with Crippen molar-refractivity contribution >= 4 is 16.7 Å². The topological polar surface area (TPSA) is 79.5 Å². The van der Waals surface area contributed by atoms with Crippen LogP contribution in [0.1, 0.15) is 22.6 Å². The Balaban J connectivity index is 1.89. The summed E-state index contributed by atoms with van der Waals surface area (Å²) in [4.78, 5) is 12.9. The molecular formula is C29H25NO4. The number of ether oxygens (including phenoxy) is 2. The fourth-order valence-corrected chi connectivity index (χ4v) is 4.42. The second-order valence-electron chi connectivity index (χ2n) is 8.11. The van der Waals surface area contributed by atoms with Gasteiger partial charge in [-0.25, -0.2) is 0 Å². The normalized spacial score (nSPS) is 13.5. The minimum atomic E-state index is -1.90. The molecule has 4 aromatic rings. The third kappa shape index (κ3) is 4.36. The first kappa shape index (κ1) is 23.0. The number of fused-ring (bicyclic) bond motifs is 1. The number of benzene rings is 4. The maximum absolute atomic E-state index is 12.9. The number of rotatable bonds is 9. The van der Waals surface area contributed by atoms with Crippen LogP contribution in [0.4, 0.5) is 0 Å². The van der Waals surface area contributed by atoms with Gasteiger partial charge in [0.15, 0.2) is 5.41 Å². The molecule has 4 rings (SSSR count). The highest BCUT2D eigenvalue weighted by Gasteiger charge is 2.50. The van der Waals surface area contributed by atoms with Gasteiger partial charge in [0.1, 0.15) is 5.75 Å². The lowest BCUT2D eigenvalue weighted by Gasteiger charge is -2.33. The number of aliphatic carboxylic acids is 1. The van der Waals surface area contributed by atoms with Gasteiger partial charge in [-0.1, -0.05) is 91.0 Å². The number of carboxylic acids is 1. The molecule has 0 aliphatic heterocycles. The average molecular weight is 452 g/mol. The Bertz CT molecular complexity index is 1320. The number of methoxy groups -OCH3 is 1. The van der Waals surface area contributed by atoms with Crippen LogP contribution in [0.25, 0.3) is 10.8 Å². The first-order valence-corrected chi connectivity index (χ1v) is 11.0. The number of hydrogen-bond acceptors (Lipinski definition) is 4. The second kappa shape index (κ2) is 10.2. The predicted molar refractivity (Wildman–Crippen MR) is 131 cm³/mol. The third-order valence-electron chi connectivity index (χ3n) is 6.10. The Hall–Kier alpha value is -4.14. The molecule has 170 valence electrons. The van der Waals surface area contributed by atoms with Crippen molar-refractivity contribution in [1.29, 1.82) is 5.26 Å². The van der Waals surface area contributed by atoms with Gasteiger partial charge in [0.25, 0.3) is 0 Å². The first-order valence-electron chi connectivity index (χ1n) is 11.0. The molecule has 0 aliphatic rings. The Morgan fingerprint density at radius 1 is 0.912 bits per heavy atom. The molecule has 0 saturated carbocycles. The molecule has 0 aliphatic carbocycles. The highest BCUT2D eigenvalue weighted by molar-refractivity contribution is 5.89. The highest BCUT2D eigenvalue weighted by atomic mass is 16.5. The van der Waals surface area contributed by atoms with Gasteiger partial charge in [-0.05, 0) is 28.0 Å². The Kier molecular flexibility index (Phi) is 6.91. The summed E-state index contributed by atoms with van der Waals surface area (Å²) < 4.78 is 11.5. The molecular weight excluding hydrogens is 426 g/mol. The minimum Gasteiger partial charge on any atom is -0.496 e.